The predicted octanol–water partition coefficient (Wildman–Crippen LogP) is 1.73. The van der Waals surface area contributed by atoms with Crippen LogP contribution in [-0.2, 0) is 4.74 Å². The van der Waals surface area contributed by atoms with Crippen molar-refractivity contribution < 1.29 is 4.74 Å². The van der Waals surface area contributed by atoms with Crippen LogP contribution in [0.15, 0.2) is 6.20 Å². The van der Waals surface area contributed by atoms with E-state index in [1.165, 1.54) is 24.2 Å². The SMILES string of the molecule is CN(CC1CCCCO1)c1ncc(N)s1. The third-order valence-corrected chi connectivity index (χ3v) is 3.53. The molecule has 1 saturated heterocycles. The first kappa shape index (κ1) is 10.7. The first-order valence-corrected chi connectivity index (χ1v) is 6.11. The molecule has 0 aliphatic carbocycles. The van der Waals surface area contributed by atoms with Crippen LogP contribution in [0.25, 0.3) is 0 Å². The Morgan fingerprint density at radius 2 is 2.53 bits per heavy atom. The van der Waals surface area contributed by atoms with E-state index in [0.717, 1.165) is 29.7 Å². The number of rotatable bonds is 3. The average Bonchev–Trinajstić information content (AvgIpc) is 2.66. The minimum absolute atomic E-state index is 0.355. The van der Waals surface area contributed by atoms with Crippen LogP contribution in [-0.4, -0.2) is 31.3 Å². The third kappa shape index (κ3) is 2.82. The molecule has 0 radical (unpaired) electrons. The van der Waals surface area contributed by atoms with Gasteiger partial charge in [-0.1, -0.05) is 11.3 Å². The molecule has 4 nitrogen and oxygen atoms in total. The Morgan fingerprint density at radius 3 is 3.13 bits per heavy atom. The number of likely N-dealkylation sites (N-methyl/N-ethyl adjacent to an activating group) is 1. The Kier molecular flexibility index (Phi) is 3.43. The van der Waals surface area contributed by atoms with Gasteiger partial charge in [0.2, 0.25) is 0 Å². The molecular formula is C10H17N3OS. The van der Waals surface area contributed by atoms with Crippen molar-refractivity contribution in [3.8, 4) is 0 Å². The fraction of sp³-hybridized carbons (Fsp3) is 0.700. The van der Waals surface area contributed by atoms with Crippen LogP contribution in [0, 0.1) is 0 Å². The molecule has 1 aromatic rings. The lowest BCUT2D eigenvalue weighted by Crippen LogP contribution is -2.33. The van der Waals surface area contributed by atoms with Crippen LogP contribution in [0.1, 0.15) is 19.3 Å². The van der Waals surface area contributed by atoms with Gasteiger partial charge in [0, 0.05) is 20.2 Å². The molecule has 0 saturated carbocycles. The van der Waals surface area contributed by atoms with E-state index in [-0.39, 0.29) is 0 Å². The second-order valence-corrected chi connectivity index (χ2v) is 4.95. The van der Waals surface area contributed by atoms with Gasteiger partial charge in [-0.05, 0) is 19.3 Å². The summed E-state index contributed by atoms with van der Waals surface area (Å²) in [6, 6.07) is 0. The van der Waals surface area contributed by atoms with Crippen LogP contribution in [0.2, 0.25) is 0 Å². The molecule has 2 rings (SSSR count). The van der Waals surface area contributed by atoms with Crippen molar-refractivity contribution in [3.05, 3.63) is 6.20 Å². The van der Waals surface area contributed by atoms with Gasteiger partial charge in [0.15, 0.2) is 5.13 Å². The van der Waals surface area contributed by atoms with Gasteiger partial charge in [0.1, 0.15) is 5.00 Å². The van der Waals surface area contributed by atoms with Gasteiger partial charge < -0.3 is 15.4 Å². The average molecular weight is 227 g/mol. The van der Waals surface area contributed by atoms with E-state index >= 15 is 0 Å². The maximum Gasteiger partial charge on any atom is 0.187 e. The second kappa shape index (κ2) is 4.81. The minimum Gasteiger partial charge on any atom is -0.389 e. The Morgan fingerprint density at radius 1 is 1.67 bits per heavy atom. The normalized spacial score (nSPS) is 21.5. The summed E-state index contributed by atoms with van der Waals surface area (Å²) in [5.41, 5.74) is 5.65. The van der Waals surface area contributed by atoms with Crippen molar-refractivity contribution in [2.45, 2.75) is 25.4 Å². The molecule has 0 spiro atoms. The monoisotopic (exact) mass is 227 g/mol. The molecule has 2 N–H and O–H groups in total. The first-order valence-electron chi connectivity index (χ1n) is 5.30. The van der Waals surface area contributed by atoms with Crippen molar-refractivity contribution in [3.63, 3.8) is 0 Å². The van der Waals surface area contributed by atoms with Gasteiger partial charge in [-0.3, -0.25) is 0 Å². The zero-order valence-electron chi connectivity index (χ0n) is 8.98. The van der Waals surface area contributed by atoms with Gasteiger partial charge >= 0.3 is 0 Å². The van der Waals surface area contributed by atoms with Gasteiger partial charge in [0.05, 0.1) is 12.3 Å². The van der Waals surface area contributed by atoms with Gasteiger partial charge in [-0.15, -0.1) is 0 Å². The highest BCUT2D eigenvalue weighted by Crippen LogP contribution is 2.24. The lowest BCUT2D eigenvalue weighted by Gasteiger charge is -2.27. The Labute approximate surface area is 94.1 Å². The van der Waals surface area contributed by atoms with Crippen LogP contribution < -0.4 is 10.6 Å². The first-order chi connectivity index (χ1) is 7.25. The number of anilines is 2. The molecule has 15 heavy (non-hydrogen) atoms. The van der Waals surface area contributed by atoms with E-state index in [0.29, 0.717) is 6.10 Å². The summed E-state index contributed by atoms with van der Waals surface area (Å²) in [6.07, 6.45) is 5.70. The van der Waals surface area contributed by atoms with Gasteiger partial charge in [-0.25, -0.2) is 4.98 Å². The zero-order chi connectivity index (χ0) is 10.7. The fourth-order valence-corrected chi connectivity index (χ4v) is 2.44. The Bertz CT molecular complexity index is 309. The largest absolute Gasteiger partial charge is 0.389 e. The Hall–Kier alpha value is -0.810. The van der Waals surface area contributed by atoms with Crippen molar-refractivity contribution in [2.24, 2.45) is 0 Å². The highest BCUT2D eigenvalue weighted by molar-refractivity contribution is 7.19. The van der Waals surface area contributed by atoms with Gasteiger partial charge in [0.25, 0.3) is 0 Å². The molecule has 1 atom stereocenters. The standard InChI is InChI=1S/C10H17N3OS/c1-13(10-12-6-9(11)15-10)7-8-4-2-3-5-14-8/h6,8H,2-5,7,11H2,1H3. The van der Waals surface area contributed by atoms with Crippen molar-refractivity contribution in [2.75, 3.05) is 30.8 Å². The van der Waals surface area contributed by atoms with Gasteiger partial charge in [-0.2, -0.15) is 0 Å². The molecule has 0 bridgehead atoms. The Balaban J connectivity index is 1.88. The van der Waals surface area contributed by atoms with E-state index in [1.54, 1.807) is 6.20 Å². The maximum atomic E-state index is 5.68. The summed E-state index contributed by atoms with van der Waals surface area (Å²) in [5, 5.41) is 1.74. The molecule has 0 amide bonds. The predicted molar refractivity (Wildman–Crippen MR) is 63.4 cm³/mol. The maximum absolute atomic E-state index is 5.68. The highest BCUT2D eigenvalue weighted by Gasteiger charge is 2.17. The summed E-state index contributed by atoms with van der Waals surface area (Å²) in [6.45, 7) is 1.81. The van der Waals surface area contributed by atoms with Crippen LogP contribution in [0.5, 0.6) is 0 Å². The minimum atomic E-state index is 0.355. The van der Waals surface area contributed by atoms with Crippen LogP contribution >= 0.6 is 11.3 Å². The quantitative estimate of drug-likeness (QED) is 0.854. The second-order valence-electron chi connectivity index (χ2n) is 3.91. The highest BCUT2D eigenvalue weighted by atomic mass is 32.1. The fourth-order valence-electron chi connectivity index (χ4n) is 1.79. The molecule has 2 heterocycles. The molecule has 1 unspecified atom stereocenters. The third-order valence-electron chi connectivity index (χ3n) is 2.59. The summed E-state index contributed by atoms with van der Waals surface area (Å²) >= 11 is 1.52. The summed E-state index contributed by atoms with van der Waals surface area (Å²) in [5.74, 6) is 0. The molecule has 84 valence electrons. The van der Waals surface area contributed by atoms with E-state index in [4.69, 9.17) is 10.5 Å². The molecule has 1 fully saturated rings. The number of ether oxygens (including phenoxy) is 1. The number of thiazole rings is 1. The van der Waals surface area contributed by atoms with Crippen molar-refractivity contribution >= 4 is 21.5 Å². The number of aromatic nitrogens is 1. The molecule has 1 aliphatic rings. The number of nitrogen functional groups attached to an aromatic ring is 1. The number of hydrogen-bond donors (Lipinski definition) is 1. The molecule has 0 aromatic carbocycles. The number of nitrogens with zero attached hydrogens (tertiary/aromatic N) is 2. The molecule has 1 aliphatic heterocycles. The van der Waals surface area contributed by atoms with E-state index < -0.39 is 0 Å². The van der Waals surface area contributed by atoms with E-state index in [1.807, 2.05) is 7.05 Å². The summed E-state index contributed by atoms with van der Waals surface area (Å²) < 4.78 is 5.68. The summed E-state index contributed by atoms with van der Waals surface area (Å²) in [7, 11) is 2.04. The van der Waals surface area contributed by atoms with Crippen LogP contribution in [0.4, 0.5) is 10.1 Å². The zero-order valence-corrected chi connectivity index (χ0v) is 9.80. The lowest BCUT2D eigenvalue weighted by atomic mass is 10.1. The number of nitrogens with two attached hydrogens (primary N) is 1. The van der Waals surface area contributed by atoms with E-state index in [2.05, 4.69) is 9.88 Å². The molecular weight excluding hydrogens is 210 g/mol. The number of hydrogen-bond acceptors (Lipinski definition) is 5. The van der Waals surface area contributed by atoms with E-state index in [9.17, 15) is 0 Å². The van der Waals surface area contributed by atoms with Crippen molar-refractivity contribution in [1.82, 2.24) is 4.98 Å². The summed E-state index contributed by atoms with van der Waals surface area (Å²) in [4.78, 5) is 6.37. The molecule has 1 aromatic heterocycles. The van der Waals surface area contributed by atoms with Crippen molar-refractivity contribution in [1.29, 1.82) is 0 Å². The van der Waals surface area contributed by atoms with Crippen LogP contribution in [0.3, 0.4) is 0 Å². The topological polar surface area (TPSA) is 51.4 Å². The smallest absolute Gasteiger partial charge is 0.187 e. The lowest BCUT2D eigenvalue weighted by molar-refractivity contribution is 0.0216. The molecule has 5 heteroatoms.